The second-order valence-corrected chi connectivity index (χ2v) is 9.02. The molecule has 4 nitrogen and oxygen atoms in total. The maximum atomic E-state index is 13.3. The van der Waals surface area contributed by atoms with E-state index in [9.17, 15) is 8.42 Å². The summed E-state index contributed by atoms with van der Waals surface area (Å²) in [6.45, 7) is 0. The molecule has 0 saturated carbocycles. The summed E-state index contributed by atoms with van der Waals surface area (Å²) in [5.41, 5.74) is 2.21. The molecule has 28 heavy (non-hydrogen) atoms. The van der Waals surface area contributed by atoms with Gasteiger partial charge in [-0.1, -0.05) is 71.7 Å². The molecule has 0 saturated heterocycles. The fraction of sp³-hybridized carbons (Fsp3) is 0.0952. The SMILES string of the molecule is O=S(=O)(c1ccccc1)N1N=C(c2ccc(Cl)cc2)C[C@H]1c1ccccc1Cl. The molecule has 0 aliphatic carbocycles. The van der Waals surface area contributed by atoms with Gasteiger partial charge in [0.1, 0.15) is 0 Å². The number of sulfonamides is 1. The van der Waals surface area contributed by atoms with Crippen molar-refractivity contribution >= 4 is 38.9 Å². The van der Waals surface area contributed by atoms with Gasteiger partial charge in [0, 0.05) is 16.5 Å². The Morgan fingerprint density at radius 3 is 2.18 bits per heavy atom. The van der Waals surface area contributed by atoms with Crippen LogP contribution in [0.1, 0.15) is 23.6 Å². The zero-order chi connectivity index (χ0) is 19.7. The van der Waals surface area contributed by atoms with Crippen molar-refractivity contribution < 1.29 is 8.42 Å². The van der Waals surface area contributed by atoms with Gasteiger partial charge in [-0.2, -0.15) is 17.9 Å². The third-order valence-corrected chi connectivity index (χ3v) is 6.89. The molecule has 0 spiro atoms. The Kier molecular flexibility index (Phi) is 5.15. The second kappa shape index (κ2) is 7.59. The molecule has 0 bridgehead atoms. The summed E-state index contributed by atoms with van der Waals surface area (Å²) >= 11 is 12.4. The number of hydrogen-bond acceptors (Lipinski definition) is 3. The quantitative estimate of drug-likeness (QED) is 0.545. The Morgan fingerprint density at radius 2 is 1.50 bits per heavy atom. The summed E-state index contributed by atoms with van der Waals surface area (Å²) < 4.78 is 27.8. The van der Waals surface area contributed by atoms with E-state index in [2.05, 4.69) is 5.10 Å². The number of hydrogen-bond donors (Lipinski definition) is 0. The molecule has 1 heterocycles. The minimum atomic E-state index is -3.84. The van der Waals surface area contributed by atoms with Crippen LogP contribution in [0.5, 0.6) is 0 Å². The Balaban J connectivity index is 1.82. The molecule has 1 aliphatic heterocycles. The molecule has 4 rings (SSSR count). The summed E-state index contributed by atoms with van der Waals surface area (Å²) in [6, 6.07) is 22.2. The van der Waals surface area contributed by atoms with E-state index >= 15 is 0 Å². The van der Waals surface area contributed by atoms with Crippen molar-refractivity contribution in [3.8, 4) is 0 Å². The van der Waals surface area contributed by atoms with E-state index in [0.717, 1.165) is 11.1 Å². The van der Waals surface area contributed by atoms with Crippen LogP contribution in [0, 0.1) is 0 Å². The molecule has 1 aliphatic rings. The normalized spacial score (nSPS) is 16.9. The second-order valence-electron chi connectivity index (χ2n) is 6.39. The number of hydrazone groups is 1. The van der Waals surface area contributed by atoms with E-state index in [1.807, 2.05) is 30.3 Å². The lowest BCUT2D eigenvalue weighted by Gasteiger charge is -2.24. The average Bonchev–Trinajstić information content (AvgIpc) is 3.15. The van der Waals surface area contributed by atoms with Crippen LogP contribution >= 0.6 is 23.2 Å². The monoisotopic (exact) mass is 430 g/mol. The van der Waals surface area contributed by atoms with Crippen molar-refractivity contribution in [1.29, 1.82) is 0 Å². The first kappa shape index (κ1) is 19.0. The minimum Gasteiger partial charge on any atom is -0.200 e. The summed E-state index contributed by atoms with van der Waals surface area (Å²) in [7, 11) is -3.84. The first-order valence-electron chi connectivity index (χ1n) is 8.64. The van der Waals surface area contributed by atoms with Gasteiger partial charge in [-0.25, -0.2) is 0 Å². The smallest absolute Gasteiger partial charge is 0.200 e. The molecule has 142 valence electrons. The molecular formula is C21H16Cl2N2O2S. The van der Waals surface area contributed by atoms with E-state index in [-0.39, 0.29) is 4.90 Å². The fourth-order valence-electron chi connectivity index (χ4n) is 3.20. The number of halogens is 2. The molecule has 0 unspecified atom stereocenters. The van der Waals surface area contributed by atoms with E-state index in [0.29, 0.717) is 22.2 Å². The molecule has 7 heteroatoms. The number of benzene rings is 3. The summed E-state index contributed by atoms with van der Waals surface area (Å²) in [5, 5.41) is 5.61. The molecule has 0 radical (unpaired) electrons. The Morgan fingerprint density at radius 1 is 0.857 bits per heavy atom. The predicted molar refractivity (Wildman–Crippen MR) is 112 cm³/mol. The van der Waals surface area contributed by atoms with Gasteiger partial charge in [0.25, 0.3) is 10.0 Å². The van der Waals surface area contributed by atoms with Gasteiger partial charge in [-0.15, -0.1) is 0 Å². The van der Waals surface area contributed by atoms with Crippen molar-refractivity contribution in [1.82, 2.24) is 4.41 Å². The zero-order valence-corrected chi connectivity index (χ0v) is 17.0. The van der Waals surface area contributed by atoms with E-state index < -0.39 is 16.1 Å². The first-order chi connectivity index (χ1) is 13.5. The topological polar surface area (TPSA) is 49.7 Å². The summed E-state index contributed by atoms with van der Waals surface area (Å²) in [6.07, 6.45) is 0.414. The lowest BCUT2D eigenvalue weighted by molar-refractivity contribution is 0.371. The molecule has 0 N–H and O–H groups in total. The van der Waals surface area contributed by atoms with Crippen molar-refractivity contribution in [3.63, 3.8) is 0 Å². The fourth-order valence-corrected chi connectivity index (χ4v) is 5.04. The van der Waals surface area contributed by atoms with Crippen LogP contribution in [0.3, 0.4) is 0 Å². The van der Waals surface area contributed by atoms with Gasteiger partial charge >= 0.3 is 0 Å². The van der Waals surface area contributed by atoms with Crippen LogP contribution in [-0.4, -0.2) is 18.5 Å². The average molecular weight is 431 g/mol. The van der Waals surface area contributed by atoms with Crippen LogP contribution in [0.25, 0.3) is 0 Å². The number of nitrogens with zero attached hydrogens (tertiary/aromatic N) is 2. The molecule has 1 atom stereocenters. The predicted octanol–water partition coefficient (Wildman–Crippen LogP) is 5.53. The molecule has 0 amide bonds. The maximum Gasteiger partial charge on any atom is 0.279 e. The zero-order valence-electron chi connectivity index (χ0n) is 14.7. The number of rotatable bonds is 4. The summed E-state index contributed by atoms with van der Waals surface area (Å²) in [4.78, 5) is 0.188. The van der Waals surface area contributed by atoms with Crippen molar-refractivity contribution in [2.24, 2.45) is 5.10 Å². The highest BCUT2D eigenvalue weighted by Crippen LogP contribution is 2.39. The largest absolute Gasteiger partial charge is 0.279 e. The van der Waals surface area contributed by atoms with E-state index in [1.54, 1.807) is 48.5 Å². The van der Waals surface area contributed by atoms with Crippen molar-refractivity contribution in [2.45, 2.75) is 17.4 Å². The third kappa shape index (κ3) is 3.53. The van der Waals surface area contributed by atoms with Gasteiger partial charge in [-0.3, -0.25) is 0 Å². The van der Waals surface area contributed by atoms with Crippen molar-refractivity contribution in [2.75, 3.05) is 0 Å². The van der Waals surface area contributed by atoms with Gasteiger partial charge in [0.15, 0.2) is 0 Å². The molecule has 3 aromatic rings. The highest BCUT2D eigenvalue weighted by Gasteiger charge is 2.38. The van der Waals surface area contributed by atoms with E-state index in [1.165, 1.54) is 4.41 Å². The molecule has 3 aromatic carbocycles. The van der Waals surface area contributed by atoms with Gasteiger partial charge in [-0.05, 0) is 41.5 Å². The van der Waals surface area contributed by atoms with Crippen LogP contribution in [0.4, 0.5) is 0 Å². The Bertz CT molecular complexity index is 1130. The lowest BCUT2D eigenvalue weighted by Crippen LogP contribution is -2.27. The standard InChI is InChI=1S/C21H16Cl2N2O2S/c22-16-12-10-15(11-13-16)20-14-21(18-8-4-5-9-19(18)23)25(24-20)28(26,27)17-6-2-1-3-7-17/h1-13,21H,14H2/t21-/m0/s1. The minimum absolute atomic E-state index is 0.188. The van der Waals surface area contributed by atoms with Gasteiger partial charge in [0.2, 0.25) is 0 Å². The van der Waals surface area contributed by atoms with Gasteiger partial charge < -0.3 is 0 Å². The van der Waals surface area contributed by atoms with Crippen LogP contribution < -0.4 is 0 Å². The first-order valence-corrected chi connectivity index (χ1v) is 10.8. The summed E-state index contributed by atoms with van der Waals surface area (Å²) in [5.74, 6) is 0. The third-order valence-electron chi connectivity index (χ3n) is 4.60. The van der Waals surface area contributed by atoms with Gasteiger partial charge in [0.05, 0.1) is 16.6 Å². The van der Waals surface area contributed by atoms with Crippen molar-refractivity contribution in [3.05, 3.63) is 100 Å². The van der Waals surface area contributed by atoms with Crippen LogP contribution in [-0.2, 0) is 10.0 Å². The molecule has 0 fully saturated rings. The van der Waals surface area contributed by atoms with Crippen LogP contribution in [0.15, 0.2) is 88.9 Å². The lowest BCUT2D eigenvalue weighted by atomic mass is 9.99. The Labute approximate surface area is 174 Å². The van der Waals surface area contributed by atoms with E-state index in [4.69, 9.17) is 23.2 Å². The highest BCUT2D eigenvalue weighted by atomic mass is 35.5. The maximum absolute atomic E-state index is 13.3. The highest BCUT2D eigenvalue weighted by molar-refractivity contribution is 7.89. The molecule has 0 aromatic heterocycles. The Hall–Kier alpha value is -2.34. The van der Waals surface area contributed by atoms with Crippen LogP contribution in [0.2, 0.25) is 10.0 Å². The molecular weight excluding hydrogens is 415 g/mol.